The number of likely N-dealkylation sites (tertiary alicyclic amines) is 1. The fraction of sp³-hybridized carbons (Fsp3) is 0.818. The molecule has 2 heteroatoms. The zero-order chi connectivity index (χ0) is 9.42. The van der Waals surface area contributed by atoms with Gasteiger partial charge in [-0.15, -0.1) is 0 Å². The van der Waals surface area contributed by atoms with Crippen molar-refractivity contribution in [3.05, 3.63) is 12.2 Å². The molecule has 2 aliphatic rings. The van der Waals surface area contributed by atoms with E-state index in [2.05, 4.69) is 31.0 Å². The van der Waals surface area contributed by atoms with Crippen molar-refractivity contribution >= 4 is 0 Å². The molecule has 13 heavy (non-hydrogen) atoms. The molecule has 1 heterocycles. The largest absolute Gasteiger partial charge is 0.316 e. The van der Waals surface area contributed by atoms with Crippen LogP contribution in [0.3, 0.4) is 0 Å². The van der Waals surface area contributed by atoms with Gasteiger partial charge in [-0.2, -0.15) is 0 Å². The number of hydrogen-bond donors (Lipinski definition) is 1. The van der Waals surface area contributed by atoms with Crippen LogP contribution in [0.25, 0.3) is 0 Å². The molecule has 2 rings (SSSR count). The van der Waals surface area contributed by atoms with Gasteiger partial charge in [0.25, 0.3) is 0 Å². The van der Waals surface area contributed by atoms with Crippen molar-refractivity contribution in [2.45, 2.75) is 38.4 Å². The van der Waals surface area contributed by atoms with Crippen LogP contribution >= 0.6 is 0 Å². The Balaban J connectivity index is 2.13. The second-order valence-corrected chi connectivity index (χ2v) is 4.64. The smallest absolute Gasteiger partial charge is 0.0598 e. The van der Waals surface area contributed by atoms with Gasteiger partial charge < -0.3 is 5.73 Å². The minimum atomic E-state index is 0.271. The molecule has 0 aromatic carbocycles. The molecule has 4 unspecified atom stereocenters. The fourth-order valence-corrected chi connectivity index (χ4v) is 2.85. The molecular formula is C11H20N2. The number of piperidine rings is 1. The minimum Gasteiger partial charge on any atom is -0.316 e. The molecule has 1 aliphatic carbocycles. The Hall–Kier alpha value is -0.340. The van der Waals surface area contributed by atoms with Crippen molar-refractivity contribution < 1.29 is 0 Å². The maximum Gasteiger partial charge on any atom is 0.0598 e. The van der Waals surface area contributed by atoms with Gasteiger partial charge in [-0.05, 0) is 38.1 Å². The van der Waals surface area contributed by atoms with E-state index in [0.717, 1.165) is 5.92 Å². The quantitative estimate of drug-likeness (QED) is 0.573. The van der Waals surface area contributed by atoms with Crippen LogP contribution in [-0.4, -0.2) is 24.2 Å². The summed E-state index contributed by atoms with van der Waals surface area (Å²) in [7, 11) is 2.18. The number of fused-ring (bicyclic) bond motifs is 1. The first kappa shape index (κ1) is 9.22. The first-order valence-electron chi connectivity index (χ1n) is 5.32. The van der Waals surface area contributed by atoms with Crippen LogP contribution in [0.1, 0.15) is 26.2 Å². The summed E-state index contributed by atoms with van der Waals surface area (Å²) in [6, 6.07) is 0.705. The molecular weight excluding hydrogens is 160 g/mol. The maximum atomic E-state index is 6.13. The van der Waals surface area contributed by atoms with E-state index in [9.17, 15) is 0 Å². The lowest BCUT2D eigenvalue weighted by atomic mass is 9.77. The maximum absolute atomic E-state index is 6.13. The third kappa shape index (κ3) is 1.53. The van der Waals surface area contributed by atoms with E-state index in [1.807, 2.05) is 0 Å². The highest BCUT2D eigenvalue weighted by atomic mass is 15.2. The molecule has 4 atom stereocenters. The van der Waals surface area contributed by atoms with Crippen LogP contribution in [0.5, 0.6) is 0 Å². The molecule has 0 saturated carbocycles. The Labute approximate surface area is 80.8 Å². The predicted octanol–water partition coefficient (Wildman–Crippen LogP) is 1.58. The molecule has 1 fully saturated rings. The Bertz CT molecular complexity index is 212. The zero-order valence-corrected chi connectivity index (χ0v) is 8.61. The lowest BCUT2D eigenvalue weighted by molar-refractivity contribution is 0.0276. The highest BCUT2D eigenvalue weighted by Gasteiger charge is 2.36. The Morgan fingerprint density at radius 2 is 2.00 bits per heavy atom. The van der Waals surface area contributed by atoms with Gasteiger partial charge >= 0.3 is 0 Å². The van der Waals surface area contributed by atoms with Crippen molar-refractivity contribution in [2.75, 3.05) is 7.05 Å². The molecule has 74 valence electrons. The summed E-state index contributed by atoms with van der Waals surface area (Å²) in [4.78, 5) is 2.38. The van der Waals surface area contributed by atoms with Crippen LogP contribution in [0.15, 0.2) is 12.2 Å². The second-order valence-electron chi connectivity index (χ2n) is 4.64. The Morgan fingerprint density at radius 3 is 2.77 bits per heavy atom. The summed E-state index contributed by atoms with van der Waals surface area (Å²) in [5.41, 5.74) is 6.13. The van der Waals surface area contributed by atoms with Gasteiger partial charge in [-0.1, -0.05) is 19.1 Å². The lowest BCUT2D eigenvalue weighted by Crippen LogP contribution is -2.56. The average Bonchev–Trinajstić information content (AvgIpc) is 2.15. The highest BCUT2D eigenvalue weighted by molar-refractivity contribution is 5.01. The van der Waals surface area contributed by atoms with Crippen molar-refractivity contribution in [1.82, 2.24) is 4.90 Å². The van der Waals surface area contributed by atoms with E-state index in [1.54, 1.807) is 0 Å². The van der Waals surface area contributed by atoms with Crippen molar-refractivity contribution in [2.24, 2.45) is 17.6 Å². The third-order valence-electron chi connectivity index (χ3n) is 3.78. The first-order valence-corrected chi connectivity index (χ1v) is 5.32. The van der Waals surface area contributed by atoms with Gasteiger partial charge in [0, 0.05) is 6.04 Å². The molecule has 2 nitrogen and oxygen atoms in total. The fourth-order valence-electron chi connectivity index (χ4n) is 2.85. The van der Waals surface area contributed by atoms with Gasteiger partial charge in [0.15, 0.2) is 0 Å². The van der Waals surface area contributed by atoms with E-state index in [0.29, 0.717) is 12.0 Å². The van der Waals surface area contributed by atoms with Crippen molar-refractivity contribution in [3.63, 3.8) is 0 Å². The van der Waals surface area contributed by atoms with Gasteiger partial charge in [0.2, 0.25) is 0 Å². The second kappa shape index (κ2) is 3.43. The molecule has 0 bridgehead atoms. The van der Waals surface area contributed by atoms with Gasteiger partial charge in [0.05, 0.1) is 6.17 Å². The van der Waals surface area contributed by atoms with Crippen molar-refractivity contribution in [3.8, 4) is 0 Å². The van der Waals surface area contributed by atoms with E-state index >= 15 is 0 Å². The van der Waals surface area contributed by atoms with Gasteiger partial charge in [-0.25, -0.2) is 0 Å². The summed E-state index contributed by atoms with van der Waals surface area (Å²) in [6.07, 6.45) is 8.67. The minimum absolute atomic E-state index is 0.271. The molecule has 0 aromatic rings. The van der Waals surface area contributed by atoms with E-state index < -0.39 is 0 Å². The monoisotopic (exact) mass is 180 g/mol. The molecule has 0 radical (unpaired) electrons. The molecule has 0 aromatic heterocycles. The number of hydrogen-bond acceptors (Lipinski definition) is 2. The number of allylic oxidation sites excluding steroid dienone is 1. The highest BCUT2D eigenvalue weighted by Crippen LogP contribution is 2.35. The molecule has 0 spiro atoms. The molecule has 2 N–H and O–H groups in total. The average molecular weight is 180 g/mol. The summed E-state index contributed by atoms with van der Waals surface area (Å²) in [5, 5.41) is 0. The van der Waals surface area contributed by atoms with Crippen LogP contribution in [0.2, 0.25) is 0 Å². The van der Waals surface area contributed by atoms with E-state index in [1.165, 1.54) is 19.3 Å². The van der Waals surface area contributed by atoms with Crippen LogP contribution in [0.4, 0.5) is 0 Å². The van der Waals surface area contributed by atoms with E-state index in [4.69, 9.17) is 5.73 Å². The van der Waals surface area contributed by atoms with Gasteiger partial charge in [-0.3, -0.25) is 4.90 Å². The third-order valence-corrected chi connectivity index (χ3v) is 3.78. The van der Waals surface area contributed by atoms with Crippen LogP contribution in [-0.2, 0) is 0 Å². The Kier molecular flexibility index (Phi) is 2.43. The van der Waals surface area contributed by atoms with Crippen molar-refractivity contribution in [1.29, 1.82) is 0 Å². The number of rotatable bonds is 0. The summed E-state index contributed by atoms with van der Waals surface area (Å²) in [5.74, 6) is 1.50. The topological polar surface area (TPSA) is 29.3 Å². The SMILES string of the molecule is CC1CC2CC=CCC2N(C)C1N. The normalized spacial score (nSPS) is 46.1. The van der Waals surface area contributed by atoms with Gasteiger partial charge in [0.1, 0.15) is 0 Å². The molecule has 1 saturated heterocycles. The Morgan fingerprint density at radius 1 is 1.31 bits per heavy atom. The standard InChI is InChI=1S/C11H20N2/c1-8-7-9-5-3-4-6-10(9)13(2)11(8)12/h3-4,8-11H,5-7,12H2,1-2H3. The lowest BCUT2D eigenvalue weighted by Gasteiger charge is -2.47. The summed E-state index contributed by atoms with van der Waals surface area (Å²) < 4.78 is 0. The van der Waals surface area contributed by atoms with Crippen LogP contribution in [0, 0.1) is 11.8 Å². The molecule has 1 aliphatic heterocycles. The van der Waals surface area contributed by atoms with E-state index in [-0.39, 0.29) is 6.17 Å². The zero-order valence-electron chi connectivity index (χ0n) is 8.61. The molecule has 0 amide bonds. The number of nitrogens with zero attached hydrogens (tertiary/aromatic N) is 1. The predicted molar refractivity (Wildman–Crippen MR) is 55.2 cm³/mol. The van der Waals surface area contributed by atoms with Crippen LogP contribution < -0.4 is 5.73 Å². The summed E-state index contributed by atoms with van der Waals surface area (Å²) in [6.45, 7) is 2.27. The first-order chi connectivity index (χ1) is 6.20. The summed E-state index contributed by atoms with van der Waals surface area (Å²) >= 11 is 0. The number of nitrogens with two attached hydrogens (primary N) is 1.